The Morgan fingerprint density at radius 3 is 2.95 bits per heavy atom. The van der Waals surface area contributed by atoms with E-state index in [1.807, 2.05) is 24.3 Å². The molecule has 0 bridgehead atoms. The Morgan fingerprint density at radius 2 is 2.24 bits per heavy atom. The maximum Gasteiger partial charge on any atom is 0.228 e. The van der Waals surface area contributed by atoms with Gasteiger partial charge in [-0.2, -0.15) is 5.10 Å². The number of anilines is 1. The largest absolute Gasteiger partial charge is 0.362 e. The van der Waals surface area contributed by atoms with Crippen molar-refractivity contribution in [1.82, 2.24) is 9.78 Å². The van der Waals surface area contributed by atoms with Gasteiger partial charge in [0, 0.05) is 18.1 Å². The molecule has 1 aliphatic carbocycles. The number of hydrogen-bond donors (Lipinski definition) is 1. The Labute approximate surface area is 127 Å². The van der Waals surface area contributed by atoms with Gasteiger partial charge in [-0.3, -0.25) is 4.79 Å². The Morgan fingerprint density at radius 1 is 1.48 bits per heavy atom. The minimum absolute atomic E-state index is 0.0250. The second-order valence-electron chi connectivity index (χ2n) is 5.18. The van der Waals surface area contributed by atoms with Crippen molar-refractivity contribution >= 4 is 23.2 Å². The van der Waals surface area contributed by atoms with Crippen LogP contribution >= 0.6 is 11.6 Å². The smallest absolute Gasteiger partial charge is 0.228 e. The van der Waals surface area contributed by atoms with E-state index in [-0.39, 0.29) is 17.7 Å². The van der Waals surface area contributed by atoms with Crippen molar-refractivity contribution in [2.24, 2.45) is 5.92 Å². The highest BCUT2D eigenvalue weighted by Gasteiger charge is 2.43. The minimum Gasteiger partial charge on any atom is -0.362 e. The molecule has 1 N–H and O–H groups in total. The summed E-state index contributed by atoms with van der Waals surface area (Å²) in [7, 11) is 1.60. The zero-order chi connectivity index (χ0) is 14.8. The normalized spacial score (nSPS) is 20.3. The van der Waals surface area contributed by atoms with Crippen LogP contribution in [0, 0.1) is 5.92 Å². The molecule has 1 heterocycles. The first-order valence-corrected chi connectivity index (χ1v) is 7.13. The summed E-state index contributed by atoms with van der Waals surface area (Å²) in [5.41, 5.74) is 1.86. The lowest BCUT2D eigenvalue weighted by Crippen LogP contribution is -2.14. The van der Waals surface area contributed by atoms with Crippen LogP contribution in [0.25, 0.3) is 0 Å². The molecule has 2 unspecified atom stereocenters. The van der Waals surface area contributed by atoms with Gasteiger partial charge in [0.1, 0.15) is 6.73 Å². The number of ether oxygens (including phenoxy) is 1. The second kappa shape index (κ2) is 5.87. The molecule has 1 aliphatic rings. The molecule has 2 aromatic rings. The quantitative estimate of drug-likeness (QED) is 0.924. The van der Waals surface area contributed by atoms with E-state index in [9.17, 15) is 4.79 Å². The molecule has 0 spiro atoms. The highest BCUT2D eigenvalue weighted by Crippen LogP contribution is 2.48. The summed E-state index contributed by atoms with van der Waals surface area (Å²) in [5.74, 6) is 0.347. The third-order valence-electron chi connectivity index (χ3n) is 3.59. The van der Waals surface area contributed by atoms with E-state index >= 15 is 0 Å². The van der Waals surface area contributed by atoms with Crippen LogP contribution in [-0.4, -0.2) is 22.8 Å². The Bertz CT molecular complexity index is 639. The van der Waals surface area contributed by atoms with Crippen LogP contribution < -0.4 is 5.32 Å². The number of nitrogens with zero attached hydrogens (tertiary/aromatic N) is 2. The number of nitrogens with one attached hydrogen (secondary N) is 1. The fourth-order valence-electron chi connectivity index (χ4n) is 2.43. The van der Waals surface area contributed by atoms with Crippen molar-refractivity contribution in [2.75, 3.05) is 12.4 Å². The fraction of sp³-hybridized carbons (Fsp3) is 0.333. The summed E-state index contributed by atoms with van der Waals surface area (Å²) in [6, 6.07) is 7.69. The van der Waals surface area contributed by atoms with E-state index in [4.69, 9.17) is 16.3 Å². The lowest BCUT2D eigenvalue weighted by Gasteiger charge is -2.02. The van der Waals surface area contributed by atoms with E-state index in [1.54, 1.807) is 24.2 Å². The molecular formula is C15H16ClN3O2. The topological polar surface area (TPSA) is 56.1 Å². The summed E-state index contributed by atoms with van der Waals surface area (Å²) in [6.45, 7) is 0.368. The van der Waals surface area contributed by atoms with Crippen molar-refractivity contribution in [1.29, 1.82) is 0 Å². The van der Waals surface area contributed by atoms with Crippen LogP contribution in [-0.2, 0) is 16.3 Å². The summed E-state index contributed by atoms with van der Waals surface area (Å²) >= 11 is 5.87. The molecule has 21 heavy (non-hydrogen) atoms. The number of rotatable bonds is 5. The number of aromatic nitrogens is 2. The average molecular weight is 306 g/mol. The van der Waals surface area contributed by atoms with Crippen molar-refractivity contribution in [3.63, 3.8) is 0 Å². The molecule has 6 heteroatoms. The van der Waals surface area contributed by atoms with Crippen LogP contribution in [0.1, 0.15) is 17.9 Å². The van der Waals surface area contributed by atoms with E-state index in [0.29, 0.717) is 17.4 Å². The fourth-order valence-corrected chi connectivity index (χ4v) is 2.56. The molecule has 1 fully saturated rings. The first-order chi connectivity index (χ1) is 10.2. The molecule has 1 aromatic heterocycles. The van der Waals surface area contributed by atoms with Crippen LogP contribution in [0.3, 0.4) is 0 Å². The summed E-state index contributed by atoms with van der Waals surface area (Å²) < 4.78 is 6.59. The molecule has 3 rings (SSSR count). The molecular weight excluding hydrogens is 290 g/mol. The molecule has 1 amide bonds. The molecule has 0 saturated heterocycles. The first kappa shape index (κ1) is 14.1. The Kier molecular flexibility index (Phi) is 3.94. The maximum atomic E-state index is 12.2. The standard InChI is InChI=1S/C15H16ClN3O2/c1-21-9-19-8-12(7-17-19)18-15(20)14-6-13(14)10-2-4-11(16)5-3-10/h2-5,7-8,13-14H,6,9H2,1H3,(H,18,20). The van der Waals surface area contributed by atoms with Crippen LogP contribution in [0.15, 0.2) is 36.7 Å². The van der Waals surface area contributed by atoms with Gasteiger partial charge in [0.05, 0.1) is 18.1 Å². The molecule has 0 radical (unpaired) electrons. The van der Waals surface area contributed by atoms with Crippen molar-refractivity contribution < 1.29 is 9.53 Å². The lowest BCUT2D eigenvalue weighted by atomic mass is 10.1. The zero-order valence-electron chi connectivity index (χ0n) is 11.6. The van der Waals surface area contributed by atoms with Gasteiger partial charge in [-0.05, 0) is 30.0 Å². The Balaban J connectivity index is 1.58. The highest BCUT2D eigenvalue weighted by molar-refractivity contribution is 6.30. The van der Waals surface area contributed by atoms with Gasteiger partial charge < -0.3 is 10.1 Å². The number of methoxy groups -OCH3 is 1. The number of hydrogen-bond acceptors (Lipinski definition) is 3. The number of carbonyl (C=O) groups is 1. The van der Waals surface area contributed by atoms with Gasteiger partial charge in [0.25, 0.3) is 0 Å². The van der Waals surface area contributed by atoms with E-state index in [0.717, 1.165) is 12.0 Å². The van der Waals surface area contributed by atoms with Gasteiger partial charge in [0.2, 0.25) is 5.91 Å². The summed E-state index contributed by atoms with van der Waals surface area (Å²) in [6.07, 6.45) is 4.25. The molecule has 1 aromatic carbocycles. The monoisotopic (exact) mass is 305 g/mol. The third-order valence-corrected chi connectivity index (χ3v) is 3.84. The van der Waals surface area contributed by atoms with E-state index < -0.39 is 0 Å². The lowest BCUT2D eigenvalue weighted by molar-refractivity contribution is -0.117. The SMILES string of the molecule is COCn1cc(NC(=O)C2CC2c2ccc(Cl)cc2)cn1. The molecule has 1 saturated carbocycles. The minimum atomic E-state index is 0.0250. The number of carbonyl (C=O) groups excluding carboxylic acids is 1. The van der Waals surface area contributed by atoms with Gasteiger partial charge in [-0.1, -0.05) is 23.7 Å². The van der Waals surface area contributed by atoms with E-state index in [2.05, 4.69) is 10.4 Å². The first-order valence-electron chi connectivity index (χ1n) is 6.75. The second-order valence-corrected chi connectivity index (χ2v) is 5.61. The number of benzene rings is 1. The van der Waals surface area contributed by atoms with Gasteiger partial charge in [0.15, 0.2) is 0 Å². The number of amides is 1. The van der Waals surface area contributed by atoms with Crippen LogP contribution in [0.4, 0.5) is 5.69 Å². The van der Waals surface area contributed by atoms with Gasteiger partial charge >= 0.3 is 0 Å². The van der Waals surface area contributed by atoms with Crippen LogP contribution in [0.5, 0.6) is 0 Å². The van der Waals surface area contributed by atoms with Crippen molar-refractivity contribution in [3.05, 3.63) is 47.2 Å². The number of halogens is 1. The molecule has 5 nitrogen and oxygen atoms in total. The predicted molar refractivity (Wildman–Crippen MR) is 80.2 cm³/mol. The van der Waals surface area contributed by atoms with Gasteiger partial charge in [-0.15, -0.1) is 0 Å². The average Bonchev–Trinajstić information content (AvgIpc) is 3.16. The maximum absolute atomic E-state index is 12.2. The predicted octanol–water partition coefficient (Wildman–Crippen LogP) is 2.88. The zero-order valence-corrected chi connectivity index (χ0v) is 12.4. The summed E-state index contributed by atoms with van der Waals surface area (Å²) in [4.78, 5) is 12.2. The van der Waals surface area contributed by atoms with Crippen LogP contribution in [0.2, 0.25) is 5.02 Å². The third kappa shape index (κ3) is 3.25. The highest BCUT2D eigenvalue weighted by atomic mass is 35.5. The summed E-state index contributed by atoms with van der Waals surface area (Å²) in [5, 5.41) is 7.69. The van der Waals surface area contributed by atoms with E-state index in [1.165, 1.54) is 0 Å². The Hall–Kier alpha value is -1.85. The van der Waals surface area contributed by atoms with Crippen molar-refractivity contribution in [2.45, 2.75) is 19.1 Å². The molecule has 2 atom stereocenters. The molecule has 0 aliphatic heterocycles. The van der Waals surface area contributed by atoms with Crippen molar-refractivity contribution in [3.8, 4) is 0 Å². The molecule has 110 valence electrons. The van der Waals surface area contributed by atoms with Gasteiger partial charge in [-0.25, -0.2) is 4.68 Å².